The minimum atomic E-state index is -0.284. The number of hydrogen-bond donors (Lipinski definition) is 1. The van der Waals surface area contributed by atoms with Crippen LogP contribution in [0.4, 0.5) is 10.1 Å². The molecular weight excluding hydrogens is 357 g/mol. The summed E-state index contributed by atoms with van der Waals surface area (Å²) in [4.78, 5) is 12.6. The van der Waals surface area contributed by atoms with E-state index in [4.69, 9.17) is 21.1 Å². The molecule has 2 aromatic rings. The van der Waals surface area contributed by atoms with Crippen molar-refractivity contribution in [3.05, 3.63) is 58.9 Å². The largest absolute Gasteiger partial charge is 0.487 e. The minimum Gasteiger partial charge on any atom is -0.487 e. The zero-order chi connectivity index (χ0) is 18.5. The van der Waals surface area contributed by atoms with E-state index in [2.05, 4.69) is 5.32 Å². The van der Waals surface area contributed by atoms with Gasteiger partial charge in [0.15, 0.2) is 5.75 Å². The molecule has 1 saturated carbocycles. The van der Waals surface area contributed by atoms with E-state index >= 15 is 0 Å². The zero-order valence-corrected chi connectivity index (χ0v) is 15.3. The summed E-state index contributed by atoms with van der Waals surface area (Å²) in [7, 11) is 0. The van der Waals surface area contributed by atoms with E-state index in [9.17, 15) is 9.18 Å². The Morgan fingerprint density at radius 2 is 2.08 bits per heavy atom. The predicted octanol–water partition coefficient (Wildman–Crippen LogP) is 4.64. The molecule has 4 nitrogen and oxygen atoms in total. The summed E-state index contributed by atoms with van der Waals surface area (Å²) in [5.41, 5.74) is 1.38. The Bertz CT molecular complexity index is 783. The van der Waals surface area contributed by atoms with Crippen molar-refractivity contribution in [2.45, 2.75) is 19.3 Å². The lowest BCUT2D eigenvalue weighted by atomic mass is 10.1. The third-order valence-electron chi connectivity index (χ3n) is 4.31. The van der Waals surface area contributed by atoms with Crippen LogP contribution in [0.2, 0.25) is 5.02 Å². The molecule has 0 spiro atoms. The number of nitrogens with one attached hydrogen (secondary N) is 1. The second-order valence-corrected chi connectivity index (χ2v) is 6.56. The summed E-state index contributed by atoms with van der Waals surface area (Å²) in [5, 5.41) is 3.31. The molecule has 1 fully saturated rings. The van der Waals surface area contributed by atoms with E-state index < -0.39 is 0 Å². The van der Waals surface area contributed by atoms with Crippen molar-refractivity contribution in [3.63, 3.8) is 0 Å². The number of benzene rings is 2. The van der Waals surface area contributed by atoms with E-state index in [1.807, 2.05) is 13.0 Å². The number of ether oxygens (including phenoxy) is 2. The maximum Gasteiger partial charge on any atom is 0.228 e. The Hall–Kier alpha value is -2.11. The topological polar surface area (TPSA) is 47.6 Å². The zero-order valence-electron chi connectivity index (χ0n) is 14.5. The maximum atomic E-state index is 13.4. The Morgan fingerprint density at radius 3 is 2.85 bits per heavy atom. The Morgan fingerprint density at radius 1 is 1.27 bits per heavy atom. The van der Waals surface area contributed by atoms with Crippen LogP contribution in [0.15, 0.2) is 42.5 Å². The summed E-state index contributed by atoms with van der Waals surface area (Å²) in [5.74, 6) is -0.0889. The Balaban J connectivity index is 1.64. The van der Waals surface area contributed by atoms with Crippen LogP contribution in [0.5, 0.6) is 5.75 Å². The van der Waals surface area contributed by atoms with Crippen LogP contribution < -0.4 is 10.1 Å². The highest BCUT2D eigenvalue weighted by molar-refractivity contribution is 6.32. The van der Waals surface area contributed by atoms with Gasteiger partial charge in [-0.1, -0.05) is 29.8 Å². The smallest absolute Gasteiger partial charge is 0.228 e. The summed E-state index contributed by atoms with van der Waals surface area (Å²) in [6.07, 6.45) is 0.705. The molecule has 1 aliphatic rings. The van der Waals surface area contributed by atoms with Crippen molar-refractivity contribution in [2.75, 3.05) is 25.1 Å². The Kier molecular flexibility index (Phi) is 6.12. The number of amides is 1. The summed E-state index contributed by atoms with van der Waals surface area (Å²) < 4.78 is 24.3. The van der Waals surface area contributed by atoms with Gasteiger partial charge in [0.2, 0.25) is 5.91 Å². The van der Waals surface area contributed by atoms with Gasteiger partial charge in [-0.25, -0.2) is 4.39 Å². The van der Waals surface area contributed by atoms with Gasteiger partial charge in [-0.15, -0.1) is 0 Å². The molecule has 3 rings (SSSR count). The molecule has 0 aromatic heterocycles. The first-order valence-electron chi connectivity index (χ1n) is 8.65. The standard InChI is InChI=1S/C20H21ClFNO3/c1-2-25-9-10-26-19-17(21)7-4-8-18(19)23-20(24)16-12-15(16)13-5-3-6-14(22)11-13/h3-8,11,15-16H,2,9-10,12H2,1H3,(H,23,24). The fourth-order valence-electron chi connectivity index (χ4n) is 2.92. The highest BCUT2D eigenvalue weighted by Gasteiger charge is 2.44. The van der Waals surface area contributed by atoms with E-state index in [1.54, 1.807) is 24.3 Å². The molecule has 0 saturated heterocycles. The number of halogens is 2. The maximum absolute atomic E-state index is 13.4. The van der Waals surface area contributed by atoms with Crippen molar-refractivity contribution in [3.8, 4) is 5.75 Å². The predicted molar refractivity (Wildman–Crippen MR) is 99.3 cm³/mol. The molecule has 1 N–H and O–H groups in total. The molecule has 1 aliphatic carbocycles. The molecule has 0 aliphatic heterocycles. The van der Waals surface area contributed by atoms with Crippen LogP contribution >= 0.6 is 11.6 Å². The lowest BCUT2D eigenvalue weighted by molar-refractivity contribution is -0.117. The van der Waals surface area contributed by atoms with Crippen molar-refractivity contribution in [1.29, 1.82) is 0 Å². The number of para-hydroxylation sites is 1. The lowest BCUT2D eigenvalue weighted by Gasteiger charge is -2.14. The van der Waals surface area contributed by atoms with Crippen LogP contribution in [-0.2, 0) is 9.53 Å². The third kappa shape index (κ3) is 4.54. The van der Waals surface area contributed by atoms with E-state index in [0.29, 0.717) is 42.7 Å². The van der Waals surface area contributed by atoms with Crippen LogP contribution in [0.3, 0.4) is 0 Å². The van der Waals surface area contributed by atoms with Gasteiger partial charge in [0.05, 0.1) is 17.3 Å². The molecule has 0 radical (unpaired) electrons. The number of carbonyl (C=O) groups excluding carboxylic acids is 1. The van der Waals surface area contributed by atoms with Crippen molar-refractivity contribution in [2.24, 2.45) is 5.92 Å². The van der Waals surface area contributed by atoms with Crippen LogP contribution in [0.1, 0.15) is 24.8 Å². The van der Waals surface area contributed by atoms with Gasteiger partial charge < -0.3 is 14.8 Å². The van der Waals surface area contributed by atoms with Gasteiger partial charge in [-0.3, -0.25) is 4.79 Å². The van der Waals surface area contributed by atoms with E-state index in [1.165, 1.54) is 12.1 Å². The summed E-state index contributed by atoms with van der Waals surface area (Å²) >= 11 is 6.20. The first-order chi connectivity index (χ1) is 12.6. The first-order valence-corrected chi connectivity index (χ1v) is 9.03. The van der Waals surface area contributed by atoms with Gasteiger partial charge in [0, 0.05) is 12.5 Å². The molecule has 138 valence electrons. The van der Waals surface area contributed by atoms with Gasteiger partial charge in [-0.2, -0.15) is 0 Å². The molecule has 2 aromatic carbocycles. The quantitative estimate of drug-likeness (QED) is 0.682. The SMILES string of the molecule is CCOCCOc1c(Cl)cccc1NC(=O)C1CC1c1cccc(F)c1. The molecule has 0 heterocycles. The molecule has 2 unspecified atom stereocenters. The van der Waals surface area contributed by atoms with Crippen molar-refractivity contribution in [1.82, 2.24) is 0 Å². The molecule has 0 bridgehead atoms. The van der Waals surface area contributed by atoms with Crippen molar-refractivity contribution >= 4 is 23.2 Å². The molecule has 1 amide bonds. The second-order valence-electron chi connectivity index (χ2n) is 6.15. The van der Waals surface area contributed by atoms with Gasteiger partial charge in [0.25, 0.3) is 0 Å². The number of hydrogen-bond acceptors (Lipinski definition) is 3. The summed E-state index contributed by atoms with van der Waals surface area (Å²) in [6, 6.07) is 11.6. The number of carbonyl (C=O) groups is 1. The number of rotatable bonds is 8. The van der Waals surface area contributed by atoms with Gasteiger partial charge >= 0.3 is 0 Å². The van der Waals surface area contributed by atoms with Crippen LogP contribution in [-0.4, -0.2) is 25.7 Å². The monoisotopic (exact) mass is 377 g/mol. The molecule has 2 atom stereocenters. The van der Waals surface area contributed by atoms with E-state index in [0.717, 1.165) is 5.56 Å². The summed E-state index contributed by atoms with van der Waals surface area (Å²) in [6.45, 7) is 3.31. The lowest BCUT2D eigenvalue weighted by Crippen LogP contribution is -2.16. The molecular formula is C20H21ClFNO3. The van der Waals surface area contributed by atoms with Crippen molar-refractivity contribution < 1.29 is 18.7 Å². The second kappa shape index (κ2) is 8.52. The fourth-order valence-corrected chi connectivity index (χ4v) is 3.15. The molecule has 26 heavy (non-hydrogen) atoms. The van der Waals surface area contributed by atoms with E-state index in [-0.39, 0.29) is 23.6 Å². The molecule has 6 heteroatoms. The third-order valence-corrected chi connectivity index (χ3v) is 4.60. The minimum absolute atomic E-state index is 0.0483. The van der Waals surface area contributed by atoms with Gasteiger partial charge in [-0.05, 0) is 49.1 Å². The fraction of sp³-hybridized carbons (Fsp3) is 0.350. The highest BCUT2D eigenvalue weighted by Crippen LogP contribution is 2.48. The van der Waals surface area contributed by atoms with Crippen LogP contribution in [0.25, 0.3) is 0 Å². The number of anilines is 1. The first kappa shape index (κ1) is 18.7. The normalized spacial score (nSPS) is 18.4. The average molecular weight is 378 g/mol. The highest BCUT2D eigenvalue weighted by atomic mass is 35.5. The van der Waals surface area contributed by atoms with Gasteiger partial charge in [0.1, 0.15) is 12.4 Å². The Labute approximate surface area is 157 Å². The average Bonchev–Trinajstić information content (AvgIpc) is 3.41. The van der Waals surface area contributed by atoms with Crippen LogP contribution in [0, 0.1) is 11.7 Å².